The number of carbonyl (C=O) groups is 1. The van der Waals surface area contributed by atoms with E-state index in [4.69, 9.17) is 27.4 Å². The number of nitrogens with two attached hydrogens (primary N) is 1. The summed E-state index contributed by atoms with van der Waals surface area (Å²) in [6.07, 6.45) is 1.29. The third kappa shape index (κ3) is 3.14. The number of thiocarbonyl (C=S) groups is 1. The summed E-state index contributed by atoms with van der Waals surface area (Å²) < 4.78 is 10.6. The van der Waals surface area contributed by atoms with Crippen LogP contribution in [0, 0.1) is 5.92 Å². The van der Waals surface area contributed by atoms with E-state index in [9.17, 15) is 4.79 Å². The van der Waals surface area contributed by atoms with E-state index in [0.29, 0.717) is 37.9 Å². The second-order valence-corrected chi connectivity index (χ2v) is 4.91. The van der Waals surface area contributed by atoms with Gasteiger partial charge in [-0.05, 0) is 12.8 Å². The quantitative estimate of drug-likeness (QED) is 0.702. The van der Waals surface area contributed by atoms with Gasteiger partial charge < -0.3 is 20.1 Å². The lowest BCUT2D eigenvalue weighted by molar-refractivity contribution is -0.159. The molecule has 2 aliphatic heterocycles. The van der Waals surface area contributed by atoms with Crippen molar-refractivity contribution >= 4 is 23.1 Å². The maximum atomic E-state index is 12.1. The van der Waals surface area contributed by atoms with Gasteiger partial charge in [-0.2, -0.15) is 0 Å². The van der Waals surface area contributed by atoms with Crippen molar-refractivity contribution < 1.29 is 14.3 Å². The Morgan fingerprint density at radius 1 is 1.29 bits per heavy atom. The molecule has 17 heavy (non-hydrogen) atoms. The van der Waals surface area contributed by atoms with Crippen LogP contribution in [0.3, 0.4) is 0 Å². The van der Waals surface area contributed by atoms with Gasteiger partial charge in [0.15, 0.2) is 6.10 Å². The molecule has 2 fully saturated rings. The Bertz CT molecular complexity index is 297. The van der Waals surface area contributed by atoms with Gasteiger partial charge in [-0.25, -0.2) is 0 Å². The van der Waals surface area contributed by atoms with Crippen molar-refractivity contribution in [2.75, 3.05) is 32.9 Å². The molecule has 2 saturated heterocycles. The van der Waals surface area contributed by atoms with Crippen molar-refractivity contribution in [1.82, 2.24) is 4.90 Å². The lowest BCUT2D eigenvalue weighted by atomic mass is 9.96. The Morgan fingerprint density at radius 3 is 2.53 bits per heavy atom. The zero-order valence-corrected chi connectivity index (χ0v) is 10.6. The van der Waals surface area contributed by atoms with E-state index in [1.54, 1.807) is 0 Å². The van der Waals surface area contributed by atoms with Crippen LogP contribution in [-0.2, 0) is 14.3 Å². The molecule has 2 rings (SSSR count). The summed E-state index contributed by atoms with van der Waals surface area (Å²) in [6, 6.07) is 0. The van der Waals surface area contributed by atoms with Crippen LogP contribution >= 0.6 is 12.2 Å². The van der Waals surface area contributed by atoms with Crippen LogP contribution in [0.4, 0.5) is 0 Å². The average Bonchev–Trinajstić information content (AvgIpc) is 2.39. The highest BCUT2D eigenvalue weighted by molar-refractivity contribution is 7.80. The number of amides is 1. The van der Waals surface area contributed by atoms with E-state index >= 15 is 0 Å². The molecule has 96 valence electrons. The molecule has 1 unspecified atom stereocenters. The highest BCUT2D eigenvalue weighted by Crippen LogP contribution is 2.19. The van der Waals surface area contributed by atoms with Crippen LogP contribution in [0.25, 0.3) is 0 Å². The first-order valence-corrected chi connectivity index (χ1v) is 6.37. The molecule has 0 aliphatic carbocycles. The highest BCUT2D eigenvalue weighted by atomic mass is 32.1. The molecule has 6 heteroatoms. The van der Waals surface area contributed by atoms with Gasteiger partial charge >= 0.3 is 0 Å². The number of nitrogens with zero attached hydrogens (tertiary/aromatic N) is 1. The molecule has 2 N–H and O–H groups in total. The second kappa shape index (κ2) is 5.75. The van der Waals surface area contributed by atoms with Crippen LogP contribution in [0.2, 0.25) is 0 Å². The molecule has 0 aromatic rings. The Labute approximate surface area is 106 Å². The van der Waals surface area contributed by atoms with Crippen molar-refractivity contribution in [3.63, 3.8) is 0 Å². The Kier molecular flexibility index (Phi) is 4.31. The number of hydrogen-bond acceptors (Lipinski definition) is 4. The van der Waals surface area contributed by atoms with E-state index in [1.807, 2.05) is 4.90 Å². The van der Waals surface area contributed by atoms with E-state index in [2.05, 4.69) is 0 Å². The average molecular weight is 258 g/mol. The van der Waals surface area contributed by atoms with E-state index in [-0.39, 0.29) is 11.8 Å². The van der Waals surface area contributed by atoms with Gasteiger partial charge in [0.1, 0.15) is 0 Å². The van der Waals surface area contributed by atoms with E-state index in [1.165, 1.54) is 0 Å². The molecule has 0 bridgehead atoms. The van der Waals surface area contributed by atoms with E-state index in [0.717, 1.165) is 12.8 Å². The molecule has 1 atom stereocenters. The molecule has 2 heterocycles. The van der Waals surface area contributed by atoms with E-state index < -0.39 is 6.10 Å². The summed E-state index contributed by atoms with van der Waals surface area (Å²) >= 11 is 4.97. The van der Waals surface area contributed by atoms with Crippen molar-refractivity contribution in [2.24, 2.45) is 11.7 Å². The van der Waals surface area contributed by atoms with Crippen LogP contribution in [0.1, 0.15) is 12.8 Å². The molecule has 0 saturated carbocycles. The molecular weight excluding hydrogens is 240 g/mol. The van der Waals surface area contributed by atoms with Crippen LogP contribution in [-0.4, -0.2) is 54.8 Å². The van der Waals surface area contributed by atoms with Crippen LogP contribution < -0.4 is 5.73 Å². The third-order valence-electron chi connectivity index (χ3n) is 3.30. The van der Waals surface area contributed by atoms with Crippen LogP contribution in [0.15, 0.2) is 0 Å². The summed E-state index contributed by atoms with van der Waals surface area (Å²) in [5.74, 6) is 0.309. The summed E-state index contributed by atoms with van der Waals surface area (Å²) in [6.45, 7) is 2.86. The number of carbonyl (C=O) groups excluding carboxylic acids is 1. The molecule has 0 aromatic heterocycles. The topological polar surface area (TPSA) is 64.8 Å². The fraction of sp³-hybridized carbons (Fsp3) is 0.818. The maximum Gasteiger partial charge on any atom is 0.254 e. The standard InChI is InChI=1S/C11H18N2O3S/c12-10(17)8-1-3-13(4-2-8)11(14)9-7-15-5-6-16-9/h8-9H,1-7H2,(H2,12,17). The molecule has 0 aromatic carbocycles. The van der Waals surface area contributed by atoms with Gasteiger partial charge in [0.25, 0.3) is 5.91 Å². The minimum Gasteiger partial charge on any atom is -0.393 e. The second-order valence-electron chi connectivity index (χ2n) is 4.44. The molecule has 0 radical (unpaired) electrons. The maximum absolute atomic E-state index is 12.1. The third-order valence-corrected chi connectivity index (χ3v) is 3.63. The number of piperidine rings is 1. The zero-order chi connectivity index (χ0) is 12.3. The SMILES string of the molecule is NC(=S)C1CCN(C(=O)C2COCCO2)CC1. The number of likely N-dealkylation sites (tertiary alicyclic amines) is 1. The number of hydrogen-bond donors (Lipinski definition) is 1. The lowest BCUT2D eigenvalue weighted by Gasteiger charge is -2.34. The zero-order valence-electron chi connectivity index (χ0n) is 9.76. The number of rotatable bonds is 2. The van der Waals surface area contributed by atoms with Gasteiger partial charge in [-0.3, -0.25) is 4.79 Å². The van der Waals surface area contributed by atoms with Gasteiger partial charge in [0.05, 0.1) is 24.8 Å². The normalized spacial score (nSPS) is 26.8. The van der Waals surface area contributed by atoms with Gasteiger partial charge in [-0.15, -0.1) is 0 Å². The summed E-state index contributed by atoms with van der Waals surface area (Å²) in [4.78, 5) is 14.5. The molecule has 5 nitrogen and oxygen atoms in total. The smallest absolute Gasteiger partial charge is 0.254 e. The number of ether oxygens (including phenoxy) is 2. The van der Waals surface area contributed by atoms with Crippen molar-refractivity contribution in [3.8, 4) is 0 Å². The Hall–Kier alpha value is -0.720. The minimum absolute atomic E-state index is 0.0334. The van der Waals surface area contributed by atoms with Gasteiger partial charge in [0.2, 0.25) is 0 Å². The summed E-state index contributed by atoms with van der Waals surface area (Å²) in [5, 5.41) is 0. The predicted octanol–water partition coefficient (Wildman–Crippen LogP) is -0.0735. The molecule has 1 amide bonds. The van der Waals surface area contributed by atoms with Gasteiger partial charge in [-0.1, -0.05) is 12.2 Å². The molecule has 2 aliphatic rings. The van der Waals surface area contributed by atoms with Crippen molar-refractivity contribution in [3.05, 3.63) is 0 Å². The summed E-state index contributed by atoms with van der Waals surface area (Å²) in [5.41, 5.74) is 5.61. The first-order chi connectivity index (χ1) is 8.18. The largest absolute Gasteiger partial charge is 0.393 e. The Balaban J connectivity index is 1.83. The minimum atomic E-state index is -0.426. The first kappa shape index (κ1) is 12.7. The molecule has 0 spiro atoms. The van der Waals surface area contributed by atoms with Crippen molar-refractivity contribution in [2.45, 2.75) is 18.9 Å². The van der Waals surface area contributed by atoms with Crippen LogP contribution in [0.5, 0.6) is 0 Å². The fourth-order valence-corrected chi connectivity index (χ4v) is 2.45. The van der Waals surface area contributed by atoms with Crippen molar-refractivity contribution in [1.29, 1.82) is 0 Å². The monoisotopic (exact) mass is 258 g/mol. The fourth-order valence-electron chi connectivity index (χ4n) is 2.22. The highest BCUT2D eigenvalue weighted by Gasteiger charge is 2.30. The summed E-state index contributed by atoms with van der Waals surface area (Å²) in [7, 11) is 0. The van der Waals surface area contributed by atoms with Gasteiger partial charge in [0, 0.05) is 19.0 Å². The lowest BCUT2D eigenvalue weighted by Crippen LogP contribution is -2.49. The Morgan fingerprint density at radius 2 is 2.00 bits per heavy atom. The first-order valence-electron chi connectivity index (χ1n) is 5.96. The predicted molar refractivity (Wildman–Crippen MR) is 66.6 cm³/mol. The molecular formula is C11H18N2O3S.